The van der Waals surface area contributed by atoms with Crippen molar-refractivity contribution in [1.29, 1.82) is 0 Å². The molecule has 1 fully saturated rings. The van der Waals surface area contributed by atoms with Crippen molar-refractivity contribution in [1.82, 2.24) is 14.9 Å². The Labute approximate surface area is 143 Å². The zero-order valence-electron chi connectivity index (χ0n) is 13.3. The number of rotatable bonds is 4. The number of carbonyl (C=O) groups is 1. The number of hydrogen-bond donors (Lipinski definition) is 0. The lowest BCUT2D eigenvalue weighted by atomic mass is 10.2. The lowest BCUT2D eigenvalue weighted by molar-refractivity contribution is 0.0787. The van der Waals surface area contributed by atoms with Gasteiger partial charge in [0.05, 0.1) is 5.75 Å². The molecule has 0 bridgehead atoms. The third-order valence-corrected chi connectivity index (χ3v) is 4.82. The van der Waals surface area contributed by atoms with E-state index >= 15 is 0 Å². The summed E-state index contributed by atoms with van der Waals surface area (Å²) >= 11 is 1.40. The van der Waals surface area contributed by atoms with Crippen LogP contribution in [-0.2, 0) is 5.75 Å². The van der Waals surface area contributed by atoms with Crippen LogP contribution in [-0.4, -0.2) is 33.9 Å². The number of thioether (sulfide) groups is 1. The maximum atomic E-state index is 12.2. The Kier molecular flexibility index (Phi) is 4.02. The first-order valence-corrected chi connectivity index (χ1v) is 8.91. The molecule has 1 aromatic carbocycles. The monoisotopic (exact) mass is 343 g/mol. The quantitative estimate of drug-likeness (QED) is 0.673. The summed E-state index contributed by atoms with van der Waals surface area (Å²) in [5.41, 5.74) is 3.13. The fourth-order valence-corrected chi connectivity index (χ4v) is 3.45. The Hall–Kier alpha value is -2.28. The zero-order valence-corrected chi connectivity index (χ0v) is 14.1. The molecule has 124 valence electrons. The minimum Gasteiger partial charge on any atom is -0.447 e. The SMILES string of the molecule is Cc1ccc2oc(SCc3nc(C(=O)N4CCCC4)co3)nc2c1. The van der Waals surface area contributed by atoms with Gasteiger partial charge in [0.25, 0.3) is 11.1 Å². The van der Waals surface area contributed by atoms with E-state index in [1.807, 2.05) is 30.0 Å². The van der Waals surface area contributed by atoms with Crippen LogP contribution in [0.2, 0.25) is 0 Å². The van der Waals surface area contributed by atoms with E-state index in [1.165, 1.54) is 18.0 Å². The fraction of sp³-hybridized carbons (Fsp3) is 0.353. The second kappa shape index (κ2) is 6.32. The van der Waals surface area contributed by atoms with Crippen molar-refractivity contribution in [3.63, 3.8) is 0 Å². The van der Waals surface area contributed by atoms with Crippen LogP contribution in [0, 0.1) is 6.92 Å². The number of aryl methyl sites for hydroxylation is 1. The smallest absolute Gasteiger partial charge is 0.275 e. The third-order valence-electron chi connectivity index (χ3n) is 4.01. The molecule has 24 heavy (non-hydrogen) atoms. The van der Waals surface area contributed by atoms with Gasteiger partial charge in [-0.3, -0.25) is 4.79 Å². The van der Waals surface area contributed by atoms with Gasteiger partial charge in [0.1, 0.15) is 11.8 Å². The number of likely N-dealkylation sites (tertiary alicyclic amines) is 1. The molecule has 0 saturated carbocycles. The molecule has 0 radical (unpaired) electrons. The Morgan fingerprint density at radius 2 is 2.12 bits per heavy atom. The third kappa shape index (κ3) is 3.03. The van der Waals surface area contributed by atoms with Crippen LogP contribution >= 0.6 is 11.8 Å². The number of nitrogens with zero attached hydrogens (tertiary/aromatic N) is 3. The van der Waals surface area contributed by atoms with Crippen molar-refractivity contribution in [3.8, 4) is 0 Å². The van der Waals surface area contributed by atoms with E-state index in [2.05, 4.69) is 9.97 Å². The van der Waals surface area contributed by atoms with Crippen molar-refractivity contribution in [2.45, 2.75) is 30.7 Å². The Morgan fingerprint density at radius 3 is 2.96 bits per heavy atom. The van der Waals surface area contributed by atoms with Crippen LogP contribution in [0.25, 0.3) is 11.1 Å². The summed E-state index contributed by atoms with van der Waals surface area (Å²) in [7, 11) is 0. The molecule has 2 aromatic heterocycles. The van der Waals surface area contributed by atoms with E-state index in [0.29, 0.717) is 22.6 Å². The van der Waals surface area contributed by atoms with Gasteiger partial charge in [-0.1, -0.05) is 17.8 Å². The fourth-order valence-electron chi connectivity index (χ4n) is 2.76. The van der Waals surface area contributed by atoms with Crippen LogP contribution in [0.4, 0.5) is 0 Å². The summed E-state index contributed by atoms with van der Waals surface area (Å²) in [6.07, 6.45) is 3.55. The number of hydrogen-bond acceptors (Lipinski definition) is 6. The molecule has 4 rings (SSSR count). The van der Waals surface area contributed by atoms with E-state index in [1.54, 1.807) is 0 Å². The highest BCUT2D eigenvalue weighted by Gasteiger charge is 2.22. The molecule has 3 heterocycles. The van der Waals surface area contributed by atoms with E-state index < -0.39 is 0 Å². The summed E-state index contributed by atoms with van der Waals surface area (Å²) in [6.45, 7) is 3.63. The summed E-state index contributed by atoms with van der Waals surface area (Å²) in [5.74, 6) is 0.921. The van der Waals surface area contributed by atoms with Crippen molar-refractivity contribution in [2.24, 2.45) is 0 Å². The Morgan fingerprint density at radius 1 is 1.29 bits per heavy atom. The lowest BCUT2D eigenvalue weighted by Gasteiger charge is -2.12. The van der Waals surface area contributed by atoms with Gasteiger partial charge in [0.2, 0.25) is 5.89 Å². The van der Waals surface area contributed by atoms with Crippen LogP contribution in [0.5, 0.6) is 0 Å². The number of aromatic nitrogens is 2. The average molecular weight is 343 g/mol. The molecule has 1 saturated heterocycles. The average Bonchev–Trinajstić information content (AvgIpc) is 3.31. The second-order valence-electron chi connectivity index (χ2n) is 5.87. The standard InChI is InChI=1S/C17H17N3O3S/c1-11-4-5-14-12(8-11)19-17(23-14)24-10-15-18-13(9-22-15)16(21)20-6-2-3-7-20/h4-5,8-9H,2-3,6-7,10H2,1H3. The van der Waals surface area contributed by atoms with E-state index in [-0.39, 0.29) is 5.91 Å². The first-order valence-electron chi connectivity index (χ1n) is 7.93. The largest absolute Gasteiger partial charge is 0.447 e. The maximum absolute atomic E-state index is 12.2. The molecule has 0 aliphatic carbocycles. The highest BCUT2D eigenvalue weighted by Crippen LogP contribution is 2.26. The van der Waals surface area contributed by atoms with Gasteiger partial charge < -0.3 is 13.7 Å². The Bertz CT molecular complexity index is 880. The molecule has 7 heteroatoms. The van der Waals surface area contributed by atoms with Gasteiger partial charge in [-0.05, 0) is 37.5 Å². The van der Waals surface area contributed by atoms with E-state index in [0.717, 1.165) is 42.6 Å². The lowest BCUT2D eigenvalue weighted by Crippen LogP contribution is -2.27. The summed E-state index contributed by atoms with van der Waals surface area (Å²) in [6, 6.07) is 5.90. The minimum atomic E-state index is -0.0511. The summed E-state index contributed by atoms with van der Waals surface area (Å²) in [5, 5.41) is 0.571. The van der Waals surface area contributed by atoms with Crippen LogP contribution in [0.1, 0.15) is 34.8 Å². The van der Waals surface area contributed by atoms with E-state index in [4.69, 9.17) is 8.83 Å². The molecular weight excluding hydrogens is 326 g/mol. The van der Waals surface area contributed by atoms with Gasteiger partial charge >= 0.3 is 0 Å². The normalized spacial score (nSPS) is 14.6. The van der Waals surface area contributed by atoms with Crippen molar-refractivity contribution < 1.29 is 13.6 Å². The van der Waals surface area contributed by atoms with Crippen molar-refractivity contribution >= 4 is 28.8 Å². The summed E-state index contributed by atoms with van der Waals surface area (Å²) in [4.78, 5) is 22.8. The first kappa shape index (κ1) is 15.3. The van der Waals surface area contributed by atoms with Gasteiger partial charge in [0.15, 0.2) is 11.3 Å². The molecule has 1 aliphatic heterocycles. The number of carbonyl (C=O) groups excluding carboxylic acids is 1. The van der Waals surface area contributed by atoms with Crippen LogP contribution in [0.15, 0.2) is 38.5 Å². The highest BCUT2D eigenvalue weighted by atomic mass is 32.2. The molecule has 3 aromatic rings. The summed E-state index contributed by atoms with van der Waals surface area (Å²) < 4.78 is 11.1. The van der Waals surface area contributed by atoms with Crippen LogP contribution < -0.4 is 0 Å². The number of fused-ring (bicyclic) bond motifs is 1. The van der Waals surface area contributed by atoms with Crippen molar-refractivity contribution in [2.75, 3.05) is 13.1 Å². The van der Waals surface area contributed by atoms with Gasteiger partial charge in [-0.25, -0.2) is 9.97 Å². The second-order valence-corrected chi connectivity index (χ2v) is 6.79. The van der Waals surface area contributed by atoms with Crippen molar-refractivity contribution in [3.05, 3.63) is 41.6 Å². The van der Waals surface area contributed by atoms with E-state index in [9.17, 15) is 4.79 Å². The molecule has 0 unspecified atom stereocenters. The van der Waals surface area contributed by atoms with Gasteiger partial charge in [0, 0.05) is 13.1 Å². The predicted molar refractivity (Wildman–Crippen MR) is 89.9 cm³/mol. The maximum Gasteiger partial charge on any atom is 0.275 e. The molecule has 0 spiro atoms. The number of benzene rings is 1. The molecule has 0 N–H and O–H groups in total. The minimum absolute atomic E-state index is 0.0511. The molecular formula is C17H17N3O3S. The molecule has 6 nitrogen and oxygen atoms in total. The Balaban J connectivity index is 1.42. The van der Waals surface area contributed by atoms with Crippen LogP contribution in [0.3, 0.4) is 0 Å². The molecule has 0 atom stereocenters. The molecule has 1 aliphatic rings. The highest BCUT2D eigenvalue weighted by molar-refractivity contribution is 7.98. The predicted octanol–water partition coefficient (Wildman–Crippen LogP) is 3.65. The zero-order chi connectivity index (χ0) is 16.5. The number of oxazole rings is 2. The van der Waals surface area contributed by atoms with Gasteiger partial charge in [-0.15, -0.1) is 0 Å². The molecule has 1 amide bonds. The topological polar surface area (TPSA) is 72.4 Å². The van der Waals surface area contributed by atoms with Gasteiger partial charge in [-0.2, -0.15) is 0 Å². The first-order chi connectivity index (χ1) is 11.7. The number of amides is 1.